The molecule has 25 heavy (non-hydrogen) atoms. The molecule has 124 valence electrons. The Morgan fingerprint density at radius 3 is 2.16 bits per heavy atom. The summed E-state index contributed by atoms with van der Waals surface area (Å²) in [6, 6.07) is 23.6. The number of nitrogens with zero attached hydrogens (tertiary/aromatic N) is 2. The zero-order chi connectivity index (χ0) is 17.1. The lowest BCUT2D eigenvalue weighted by atomic mass is 9.96. The second-order valence-electron chi connectivity index (χ2n) is 6.41. The summed E-state index contributed by atoms with van der Waals surface area (Å²) in [5, 5.41) is 0. The van der Waals surface area contributed by atoms with E-state index in [1.165, 1.54) is 40.7 Å². The van der Waals surface area contributed by atoms with Crippen molar-refractivity contribution in [3.63, 3.8) is 0 Å². The number of hydrogen-bond donors (Lipinski definition) is 0. The van der Waals surface area contributed by atoms with Crippen LogP contribution in [0.25, 0.3) is 27.9 Å². The first-order valence-electron chi connectivity index (χ1n) is 9.02. The van der Waals surface area contributed by atoms with Gasteiger partial charge < -0.3 is 0 Å². The lowest BCUT2D eigenvalue weighted by Crippen LogP contribution is -2.32. The van der Waals surface area contributed by atoms with Crippen LogP contribution in [0.5, 0.6) is 0 Å². The van der Waals surface area contributed by atoms with Crippen LogP contribution in [0.4, 0.5) is 0 Å². The van der Waals surface area contributed by atoms with Gasteiger partial charge >= 0.3 is 0 Å². The molecule has 0 amide bonds. The molecule has 2 aromatic carbocycles. The van der Waals surface area contributed by atoms with Crippen molar-refractivity contribution < 1.29 is 4.57 Å². The van der Waals surface area contributed by atoms with Gasteiger partial charge in [-0.25, -0.2) is 8.97 Å². The van der Waals surface area contributed by atoms with Crippen molar-refractivity contribution in [1.29, 1.82) is 0 Å². The molecule has 2 aromatic heterocycles. The van der Waals surface area contributed by atoms with Crippen molar-refractivity contribution >= 4 is 5.65 Å². The fourth-order valence-corrected chi connectivity index (χ4v) is 3.45. The quantitative estimate of drug-likeness (QED) is 0.436. The van der Waals surface area contributed by atoms with Gasteiger partial charge in [-0.2, -0.15) is 0 Å². The average molecular weight is 327 g/mol. The largest absolute Gasteiger partial charge is 0.294 e. The Bertz CT molecular complexity index is 969. The number of unbranched alkanes of at least 4 members (excludes halogenated alkanes) is 1. The topological polar surface area (TPSA) is 8.29 Å². The highest BCUT2D eigenvalue weighted by Gasteiger charge is 2.20. The molecule has 2 heterocycles. The van der Waals surface area contributed by atoms with Crippen LogP contribution in [0.2, 0.25) is 0 Å². The van der Waals surface area contributed by atoms with Crippen LogP contribution in [0.15, 0.2) is 85.3 Å². The van der Waals surface area contributed by atoms with E-state index < -0.39 is 0 Å². The maximum absolute atomic E-state index is 2.39. The fraction of sp³-hybridized carbons (Fsp3) is 0.174. The van der Waals surface area contributed by atoms with E-state index in [1.54, 1.807) is 0 Å². The van der Waals surface area contributed by atoms with Crippen LogP contribution in [0.3, 0.4) is 0 Å². The minimum absolute atomic E-state index is 1.05. The van der Waals surface area contributed by atoms with E-state index in [4.69, 9.17) is 0 Å². The third-order valence-electron chi connectivity index (χ3n) is 4.72. The second-order valence-corrected chi connectivity index (χ2v) is 6.41. The Morgan fingerprint density at radius 1 is 0.800 bits per heavy atom. The first-order valence-corrected chi connectivity index (χ1v) is 9.02. The Balaban J connectivity index is 2.02. The Kier molecular flexibility index (Phi) is 4.34. The van der Waals surface area contributed by atoms with Gasteiger partial charge in [0, 0.05) is 5.56 Å². The summed E-state index contributed by atoms with van der Waals surface area (Å²) in [5.74, 6) is 0. The Labute approximate surface area is 149 Å². The van der Waals surface area contributed by atoms with Crippen molar-refractivity contribution in [1.82, 2.24) is 4.40 Å². The van der Waals surface area contributed by atoms with Crippen molar-refractivity contribution in [2.45, 2.75) is 26.3 Å². The van der Waals surface area contributed by atoms with Gasteiger partial charge in [-0.15, -0.1) is 0 Å². The predicted octanol–water partition coefficient (Wildman–Crippen LogP) is 5.36. The van der Waals surface area contributed by atoms with Crippen LogP contribution in [0, 0.1) is 0 Å². The van der Waals surface area contributed by atoms with E-state index in [1.807, 2.05) is 0 Å². The molecular weight excluding hydrogens is 304 g/mol. The summed E-state index contributed by atoms with van der Waals surface area (Å²) < 4.78 is 4.63. The number of pyridine rings is 1. The molecule has 4 aromatic rings. The fourth-order valence-electron chi connectivity index (χ4n) is 3.45. The lowest BCUT2D eigenvalue weighted by molar-refractivity contribution is -0.671. The average Bonchev–Trinajstić information content (AvgIpc) is 3.10. The van der Waals surface area contributed by atoms with Crippen molar-refractivity contribution in [2.24, 2.45) is 0 Å². The lowest BCUT2D eigenvalue weighted by Gasteiger charge is -2.10. The van der Waals surface area contributed by atoms with E-state index in [0.717, 1.165) is 6.54 Å². The van der Waals surface area contributed by atoms with Crippen LogP contribution >= 0.6 is 0 Å². The zero-order valence-corrected chi connectivity index (χ0v) is 14.6. The van der Waals surface area contributed by atoms with Crippen molar-refractivity contribution in [3.05, 3.63) is 85.3 Å². The molecule has 2 nitrogen and oxygen atoms in total. The summed E-state index contributed by atoms with van der Waals surface area (Å²) in [7, 11) is 0. The molecule has 4 rings (SSSR count). The van der Waals surface area contributed by atoms with E-state index in [0.29, 0.717) is 0 Å². The highest BCUT2D eigenvalue weighted by atomic mass is 15.1. The van der Waals surface area contributed by atoms with Crippen LogP contribution in [-0.4, -0.2) is 4.40 Å². The number of rotatable bonds is 5. The van der Waals surface area contributed by atoms with E-state index >= 15 is 0 Å². The maximum Gasteiger partial charge on any atom is 0.294 e. The molecule has 0 aliphatic carbocycles. The van der Waals surface area contributed by atoms with Gasteiger partial charge in [-0.05, 0) is 23.6 Å². The van der Waals surface area contributed by atoms with Gasteiger partial charge in [0.1, 0.15) is 12.4 Å². The third-order valence-corrected chi connectivity index (χ3v) is 4.72. The second kappa shape index (κ2) is 6.94. The number of benzene rings is 2. The predicted molar refractivity (Wildman–Crippen MR) is 103 cm³/mol. The molecule has 0 aliphatic heterocycles. The molecule has 0 bridgehead atoms. The van der Waals surface area contributed by atoms with Crippen LogP contribution in [-0.2, 0) is 6.54 Å². The van der Waals surface area contributed by atoms with E-state index in [-0.39, 0.29) is 0 Å². The number of aryl methyl sites for hydroxylation is 1. The van der Waals surface area contributed by atoms with Gasteiger partial charge in [0.2, 0.25) is 0 Å². The van der Waals surface area contributed by atoms with Gasteiger partial charge in [-0.1, -0.05) is 74.0 Å². The molecule has 0 saturated carbocycles. The molecule has 0 radical (unpaired) electrons. The summed E-state index contributed by atoms with van der Waals surface area (Å²) in [6.45, 7) is 3.29. The molecule has 0 spiro atoms. The van der Waals surface area contributed by atoms with Gasteiger partial charge in [-0.3, -0.25) is 0 Å². The molecule has 0 fully saturated rings. The minimum Gasteiger partial charge on any atom is -0.230 e. The van der Waals surface area contributed by atoms with Crippen LogP contribution in [0.1, 0.15) is 19.8 Å². The first-order chi connectivity index (χ1) is 12.4. The third kappa shape index (κ3) is 2.96. The summed E-state index contributed by atoms with van der Waals surface area (Å²) in [4.78, 5) is 0. The standard InChI is InChI=1S/C23H23N2/c1-2-3-15-24-17-18-25-16-14-21(19-10-6-4-7-11-19)22(23(24)25)20-12-8-5-9-13-20/h4-14,16-18H,2-3,15H2,1H3/q+1. The summed E-state index contributed by atoms with van der Waals surface area (Å²) in [5.41, 5.74) is 6.36. The smallest absolute Gasteiger partial charge is 0.230 e. The van der Waals surface area contributed by atoms with E-state index in [9.17, 15) is 0 Å². The minimum atomic E-state index is 1.05. The molecule has 0 saturated heterocycles. The molecule has 0 N–H and O–H groups in total. The van der Waals surface area contributed by atoms with Crippen LogP contribution < -0.4 is 4.57 Å². The zero-order valence-electron chi connectivity index (χ0n) is 14.6. The first kappa shape index (κ1) is 15.6. The summed E-state index contributed by atoms with van der Waals surface area (Å²) >= 11 is 0. The monoisotopic (exact) mass is 327 g/mol. The van der Waals surface area contributed by atoms with Gasteiger partial charge in [0.25, 0.3) is 5.65 Å². The summed E-state index contributed by atoms with van der Waals surface area (Å²) in [6.07, 6.45) is 8.92. The molecule has 2 heteroatoms. The maximum atomic E-state index is 2.39. The van der Waals surface area contributed by atoms with Gasteiger partial charge in [0.15, 0.2) is 0 Å². The SMILES string of the molecule is CCCC[n+]1ccn2ccc(-c3ccccc3)c(-c3ccccc3)c21. The highest BCUT2D eigenvalue weighted by molar-refractivity contribution is 5.90. The van der Waals surface area contributed by atoms with Crippen molar-refractivity contribution in [2.75, 3.05) is 0 Å². The number of imidazole rings is 1. The Hall–Kier alpha value is -2.87. The van der Waals surface area contributed by atoms with Gasteiger partial charge in [0.05, 0.1) is 18.3 Å². The molecular formula is C23H23N2+. The normalized spacial score (nSPS) is 11.1. The van der Waals surface area contributed by atoms with Crippen molar-refractivity contribution in [3.8, 4) is 22.3 Å². The molecule has 0 atom stereocenters. The molecule has 0 unspecified atom stereocenters. The van der Waals surface area contributed by atoms with E-state index in [2.05, 4.69) is 101 Å². The number of hydrogen-bond acceptors (Lipinski definition) is 0. The number of aromatic nitrogens is 2. The number of fused-ring (bicyclic) bond motifs is 1. The Morgan fingerprint density at radius 2 is 1.48 bits per heavy atom. The highest BCUT2D eigenvalue weighted by Crippen LogP contribution is 2.34. The molecule has 0 aliphatic rings.